The highest BCUT2D eigenvalue weighted by atomic mass is 32.2. The Kier molecular flexibility index (Phi) is 8.04. The second-order valence-corrected chi connectivity index (χ2v) is 16.5. The van der Waals surface area contributed by atoms with Crippen molar-refractivity contribution in [2.75, 3.05) is 6.54 Å². The summed E-state index contributed by atoms with van der Waals surface area (Å²) in [5.41, 5.74) is -2.92. The van der Waals surface area contributed by atoms with E-state index in [4.69, 9.17) is 0 Å². The summed E-state index contributed by atoms with van der Waals surface area (Å²) < 4.78 is 28.0. The van der Waals surface area contributed by atoms with Gasteiger partial charge < -0.3 is 20.9 Å². The number of fused-ring (bicyclic) bond motifs is 1. The van der Waals surface area contributed by atoms with E-state index in [2.05, 4.69) is 27.3 Å². The van der Waals surface area contributed by atoms with Crippen molar-refractivity contribution in [3.05, 3.63) is 43.0 Å². The molecule has 6 atom stereocenters. The Labute approximate surface area is 254 Å². The average Bonchev–Trinajstić information content (AvgIpc) is 3.63. The number of carbonyl (C=O) groups is 4. The predicted molar refractivity (Wildman–Crippen MR) is 162 cm³/mol. The molecule has 4 N–H and O–H groups in total. The number of likely N-dealkylation sites (tertiary alicyclic amines) is 1. The molecule has 2 aliphatic carbocycles. The number of nitrogens with one attached hydrogen (secondary N) is 4. The molecule has 1 aromatic carbocycles. The van der Waals surface area contributed by atoms with Crippen molar-refractivity contribution in [2.45, 2.75) is 89.9 Å². The van der Waals surface area contributed by atoms with Crippen LogP contribution in [0.2, 0.25) is 0 Å². The molecule has 1 saturated heterocycles. The van der Waals surface area contributed by atoms with E-state index in [-0.39, 0.29) is 34.5 Å². The number of carbonyl (C=O) groups excluding carboxylic acids is 4. The number of piperidine rings is 1. The molecule has 12 heteroatoms. The molecule has 5 amide bonds. The molecule has 0 spiro atoms. The zero-order valence-corrected chi connectivity index (χ0v) is 27.1. The Morgan fingerprint density at radius 1 is 1.05 bits per heavy atom. The van der Waals surface area contributed by atoms with Crippen LogP contribution in [0.4, 0.5) is 4.79 Å². The molecular formula is C31H45N5O6S. The third-order valence-corrected chi connectivity index (χ3v) is 10.3. The number of benzene rings is 1. The first-order valence-electron chi connectivity index (χ1n) is 14.6. The third-order valence-electron chi connectivity index (χ3n) is 8.97. The summed E-state index contributed by atoms with van der Waals surface area (Å²) in [6.07, 6.45) is 1.69. The minimum absolute atomic E-state index is 0.0638. The van der Waals surface area contributed by atoms with Crippen LogP contribution in [0, 0.1) is 28.6 Å². The molecule has 3 fully saturated rings. The topological polar surface area (TPSA) is 154 Å². The summed E-state index contributed by atoms with van der Waals surface area (Å²) in [4.78, 5) is 55.9. The quantitative estimate of drug-likeness (QED) is 0.330. The standard InChI is InChI=1S/C31H45N5O6S/c1-10-18-16-31(18,26(39)35-43(41,42)19-14-12-11-13-15-19)33-24(37)22-21-20(30(21,8)9)17-36(22)25(38)23(28(2,3)4)32-27(40)34-29(5,6)7/h10-15,18,20-23H,1,16-17H2,2-9H3,(H,33,37)(H,35,39)(H2,32,34,40)/t18?,20?,21?,22-,23+,31?/m0/s1. The van der Waals surface area contributed by atoms with Gasteiger partial charge in [0.15, 0.2) is 0 Å². The van der Waals surface area contributed by atoms with Gasteiger partial charge in [0.1, 0.15) is 17.6 Å². The smallest absolute Gasteiger partial charge is 0.315 e. The van der Waals surface area contributed by atoms with Crippen LogP contribution in [0.25, 0.3) is 0 Å². The van der Waals surface area contributed by atoms with Crippen LogP contribution in [-0.4, -0.2) is 66.8 Å². The lowest BCUT2D eigenvalue weighted by Crippen LogP contribution is -2.62. The van der Waals surface area contributed by atoms with Gasteiger partial charge in [-0.3, -0.25) is 14.4 Å². The van der Waals surface area contributed by atoms with Crippen molar-refractivity contribution in [1.29, 1.82) is 0 Å². The van der Waals surface area contributed by atoms with Crippen molar-refractivity contribution in [3.8, 4) is 0 Å². The van der Waals surface area contributed by atoms with Gasteiger partial charge in [0.05, 0.1) is 4.90 Å². The highest BCUT2D eigenvalue weighted by molar-refractivity contribution is 7.90. The van der Waals surface area contributed by atoms with Crippen LogP contribution in [-0.2, 0) is 24.4 Å². The summed E-state index contributed by atoms with van der Waals surface area (Å²) in [7, 11) is -4.18. The van der Waals surface area contributed by atoms with Crippen LogP contribution in [0.15, 0.2) is 47.9 Å². The summed E-state index contributed by atoms with van der Waals surface area (Å²) in [6, 6.07) is 5.18. The SMILES string of the molecule is C=CC1CC1(NC(=O)[C@@H]1C2C(CN1C(=O)[C@@H](NC(=O)NC(C)(C)C)C(C)(C)C)C2(C)C)C(=O)NS(=O)(=O)c1ccccc1. The van der Waals surface area contributed by atoms with E-state index < -0.39 is 62.4 Å². The molecule has 1 aromatic rings. The van der Waals surface area contributed by atoms with Crippen LogP contribution < -0.4 is 20.7 Å². The second kappa shape index (κ2) is 10.6. The number of amides is 5. The molecule has 236 valence electrons. The van der Waals surface area contributed by atoms with Crippen molar-refractivity contribution in [1.82, 2.24) is 25.6 Å². The third kappa shape index (κ3) is 6.30. The van der Waals surface area contributed by atoms with E-state index in [9.17, 15) is 27.6 Å². The minimum Gasteiger partial charge on any atom is -0.339 e. The first kappa shape index (κ1) is 32.5. The zero-order valence-electron chi connectivity index (χ0n) is 26.3. The fraction of sp³-hybridized carbons (Fsp3) is 0.613. The molecule has 3 aliphatic rings. The van der Waals surface area contributed by atoms with Crippen LogP contribution in [0.1, 0.15) is 61.8 Å². The Morgan fingerprint density at radius 2 is 1.65 bits per heavy atom. The van der Waals surface area contributed by atoms with Crippen LogP contribution >= 0.6 is 0 Å². The number of rotatable bonds is 8. The van der Waals surface area contributed by atoms with E-state index in [0.717, 1.165) is 0 Å². The maximum atomic E-state index is 14.1. The highest BCUT2D eigenvalue weighted by Gasteiger charge is 2.71. The van der Waals surface area contributed by atoms with Gasteiger partial charge in [0.2, 0.25) is 11.8 Å². The molecule has 11 nitrogen and oxygen atoms in total. The monoisotopic (exact) mass is 615 g/mol. The van der Waals surface area contributed by atoms with Gasteiger partial charge in [0, 0.05) is 18.0 Å². The Hall–Kier alpha value is -3.41. The zero-order chi connectivity index (χ0) is 32.3. The lowest BCUT2D eigenvalue weighted by atomic mass is 9.85. The van der Waals surface area contributed by atoms with E-state index in [1.807, 2.05) is 55.4 Å². The summed E-state index contributed by atoms with van der Waals surface area (Å²) >= 11 is 0. The molecule has 4 unspecified atom stereocenters. The van der Waals surface area contributed by atoms with Gasteiger partial charge in [-0.05, 0) is 62.0 Å². The van der Waals surface area contributed by atoms with E-state index in [1.165, 1.54) is 23.1 Å². The maximum Gasteiger partial charge on any atom is 0.315 e. The van der Waals surface area contributed by atoms with Crippen molar-refractivity contribution in [2.24, 2.45) is 28.6 Å². The Bertz CT molecular complexity index is 1430. The number of hydrogen-bond donors (Lipinski definition) is 4. The van der Waals surface area contributed by atoms with Gasteiger partial charge in [-0.15, -0.1) is 6.58 Å². The molecule has 4 rings (SSSR count). The number of nitrogens with zero attached hydrogens (tertiary/aromatic N) is 1. The number of urea groups is 1. The maximum absolute atomic E-state index is 14.1. The molecule has 43 heavy (non-hydrogen) atoms. The summed E-state index contributed by atoms with van der Waals surface area (Å²) in [6.45, 7) is 19.2. The molecule has 1 aliphatic heterocycles. The first-order valence-corrected chi connectivity index (χ1v) is 16.1. The normalized spacial score (nSPS) is 28.1. The number of hydrogen-bond acceptors (Lipinski definition) is 6. The molecule has 0 radical (unpaired) electrons. The van der Waals surface area contributed by atoms with Crippen LogP contribution in [0.5, 0.6) is 0 Å². The lowest BCUT2D eigenvalue weighted by Gasteiger charge is -2.38. The van der Waals surface area contributed by atoms with Gasteiger partial charge in [-0.1, -0.05) is 58.9 Å². The minimum atomic E-state index is -4.18. The molecule has 2 saturated carbocycles. The second-order valence-electron chi connectivity index (χ2n) is 14.8. The van der Waals surface area contributed by atoms with Gasteiger partial charge in [-0.2, -0.15) is 0 Å². The fourth-order valence-corrected chi connectivity index (χ4v) is 7.39. The van der Waals surface area contributed by atoms with E-state index in [1.54, 1.807) is 18.2 Å². The van der Waals surface area contributed by atoms with Crippen molar-refractivity contribution in [3.63, 3.8) is 0 Å². The largest absolute Gasteiger partial charge is 0.339 e. The summed E-state index contributed by atoms with van der Waals surface area (Å²) in [5, 5.41) is 8.47. The summed E-state index contributed by atoms with van der Waals surface area (Å²) in [5.74, 6) is -2.36. The fourth-order valence-electron chi connectivity index (χ4n) is 6.34. The van der Waals surface area contributed by atoms with Gasteiger partial charge in [0.25, 0.3) is 15.9 Å². The average molecular weight is 616 g/mol. The molecule has 1 heterocycles. The molecular weight excluding hydrogens is 570 g/mol. The van der Waals surface area contributed by atoms with E-state index in [0.29, 0.717) is 6.54 Å². The van der Waals surface area contributed by atoms with Crippen molar-refractivity contribution < 1.29 is 27.6 Å². The molecule has 0 aromatic heterocycles. The number of sulfonamides is 1. The van der Waals surface area contributed by atoms with E-state index >= 15 is 0 Å². The van der Waals surface area contributed by atoms with Crippen molar-refractivity contribution >= 4 is 33.8 Å². The lowest BCUT2D eigenvalue weighted by molar-refractivity contribution is -0.144. The van der Waals surface area contributed by atoms with Gasteiger partial charge >= 0.3 is 6.03 Å². The Morgan fingerprint density at radius 3 is 2.16 bits per heavy atom. The first-order chi connectivity index (χ1) is 19.7. The van der Waals surface area contributed by atoms with Crippen LogP contribution in [0.3, 0.4) is 0 Å². The van der Waals surface area contributed by atoms with Gasteiger partial charge in [-0.25, -0.2) is 17.9 Å². The highest BCUT2D eigenvalue weighted by Crippen LogP contribution is 2.65. The predicted octanol–water partition coefficient (Wildman–Crippen LogP) is 2.55. The Balaban J connectivity index is 1.58. The molecule has 0 bridgehead atoms.